The fraction of sp³-hybridized carbons (Fsp3) is 0.588. The number of carbonyl (C=O) groups is 1. The Balaban J connectivity index is 1.50. The van der Waals surface area contributed by atoms with Gasteiger partial charge in [0.2, 0.25) is 0 Å². The number of amides is 2. The van der Waals surface area contributed by atoms with Crippen molar-refractivity contribution in [3.05, 3.63) is 35.4 Å². The second kappa shape index (κ2) is 6.83. The van der Waals surface area contributed by atoms with Gasteiger partial charge in [0.1, 0.15) is 11.6 Å². The van der Waals surface area contributed by atoms with Crippen molar-refractivity contribution in [3.63, 3.8) is 0 Å². The Labute approximate surface area is 135 Å². The highest BCUT2D eigenvalue weighted by atomic mass is 19.1. The molecule has 6 heteroatoms. The first-order chi connectivity index (χ1) is 11.0. The van der Waals surface area contributed by atoms with Crippen LogP contribution in [0.1, 0.15) is 37.8 Å². The number of urea groups is 1. The smallest absolute Gasteiger partial charge is 0.317 e. The molecule has 0 saturated carbocycles. The van der Waals surface area contributed by atoms with Crippen molar-refractivity contribution in [2.45, 2.75) is 38.3 Å². The van der Waals surface area contributed by atoms with Crippen LogP contribution in [0.5, 0.6) is 0 Å². The van der Waals surface area contributed by atoms with E-state index in [2.05, 4.69) is 10.2 Å². The third-order valence-corrected chi connectivity index (χ3v) is 4.83. The fourth-order valence-corrected chi connectivity index (χ4v) is 3.34. The number of carbonyl (C=O) groups excluding carboxylic acids is 1. The standard InChI is InChI=1S/C17H23F2N3O/c1-12(15-6-5-13(18)9-16(15)19)20-17(23)22-10-14(11-22)21-7-3-2-4-8-21/h5-6,9,12,14H,2-4,7-8,10-11H2,1H3,(H,20,23)/t12-/m1/s1. The summed E-state index contributed by atoms with van der Waals surface area (Å²) in [5.41, 5.74) is 0.299. The molecule has 2 fully saturated rings. The van der Waals surface area contributed by atoms with Crippen molar-refractivity contribution in [2.75, 3.05) is 26.2 Å². The van der Waals surface area contributed by atoms with Crippen LogP contribution in [0.15, 0.2) is 18.2 Å². The molecule has 4 nitrogen and oxygen atoms in total. The zero-order valence-electron chi connectivity index (χ0n) is 13.4. The molecule has 1 atom stereocenters. The minimum absolute atomic E-state index is 0.186. The Bertz CT molecular complexity index is 569. The summed E-state index contributed by atoms with van der Waals surface area (Å²) in [7, 11) is 0. The van der Waals surface area contributed by atoms with Crippen LogP contribution in [0, 0.1) is 11.6 Å². The molecule has 0 unspecified atom stereocenters. The lowest BCUT2D eigenvalue weighted by atomic mass is 10.0. The molecule has 0 aliphatic carbocycles. The van der Waals surface area contributed by atoms with E-state index in [4.69, 9.17) is 0 Å². The molecule has 3 rings (SSSR count). The lowest BCUT2D eigenvalue weighted by Gasteiger charge is -2.46. The zero-order valence-corrected chi connectivity index (χ0v) is 13.4. The number of piperidine rings is 1. The molecular weight excluding hydrogens is 300 g/mol. The van der Waals surface area contributed by atoms with Crippen LogP contribution in [0.3, 0.4) is 0 Å². The van der Waals surface area contributed by atoms with Crippen LogP contribution in [-0.4, -0.2) is 48.1 Å². The minimum atomic E-state index is -0.632. The van der Waals surface area contributed by atoms with Gasteiger partial charge in [-0.2, -0.15) is 0 Å². The summed E-state index contributed by atoms with van der Waals surface area (Å²) in [5, 5.41) is 2.79. The molecule has 0 radical (unpaired) electrons. The summed E-state index contributed by atoms with van der Waals surface area (Å²) in [6.07, 6.45) is 3.78. The summed E-state index contributed by atoms with van der Waals surface area (Å²) in [5.74, 6) is -1.25. The topological polar surface area (TPSA) is 35.6 Å². The molecule has 2 amide bonds. The van der Waals surface area contributed by atoms with Gasteiger partial charge >= 0.3 is 6.03 Å². The lowest BCUT2D eigenvalue weighted by Crippen LogP contribution is -2.63. The molecule has 0 aromatic heterocycles. The van der Waals surface area contributed by atoms with Crippen molar-refractivity contribution in [1.82, 2.24) is 15.1 Å². The molecule has 2 aliphatic heterocycles. The van der Waals surface area contributed by atoms with Crippen molar-refractivity contribution in [2.24, 2.45) is 0 Å². The van der Waals surface area contributed by atoms with Gasteiger partial charge in [0.25, 0.3) is 0 Å². The van der Waals surface area contributed by atoms with Crippen LogP contribution < -0.4 is 5.32 Å². The van der Waals surface area contributed by atoms with Gasteiger partial charge < -0.3 is 10.2 Å². The maximum absolute atomic E-state index is 13.7. The summed E-state index contributed by atoms with van der Waals surface area (Å²) >= 11 is 0. The summed E-state index contributed by atoms with van der Waals surface area (Å²) < 4.78 is 26.7. The first kappa shape index (κ1) is 16.2. The lowest BCUT2D eigenvalue weighted by molar-refractivity contribution is 0.0443. The van der Waals surface area contributed by atoms with Crippen LogP contribution in [0.25, 0.3) is 0 Å². The van der Waals surface area contributed by atoms with E-state index < -0.39 is 17.7 Å². The predicted octanol–water partition coefficient (Wildman–Crippen LogP) is 2.91. The van der Waals surface area contributed by atoms with Crippen LogP contribution in [0.2, 0.25) is 0 Å². The summed E-state index contributed by atoms with van der Waals surface area (Å²) in [6, 6.07) is 3.21. The Morgan fingerprint density at radius 1 is 1.22 bits per heavy atom. The number of benzene rings is 1. The molecule has 2 heterocycles. The maximum Gasteiger partial charge on any atom is 0.317 e. The van der Waals surface area contributed by atoms with Gasteiger partial charge in [0.15, 0.2) is 0 Å². The molecule has 126 valence electrons. The van der Waals surface area contributed by atoms with E-state index in [1.165, 1.54) is 31.4 Å². The quantitative estimate of drug-likeness (QED) is 0.928. The van der Waals surface area contributed by atoms with E-state index in [9.17, 15) is 13.6 Å². The zero-order chi connectivity index (χ0) is 16.4. The van der Waals surface area contributed by atoms with E-state index in [0.29, 0.717) is 11.6 Å². The van der Waals surface area contributed by atoms with E-state index in [1.807, 2.05) is 0 Å². The SMILES string of the molecule is C[C@@H](NC(=O)N1CC(N2CCCCC2)C1)c1ccc(F)cc1F. The van der Waals surface area contributed by atoms with Gasteiger partial charge in [0, 0.05) is 30.8 Å². The van der Waals surface area contributed by atoms with E-state index >= 15 is 0 Å². The largest absolute Gasteiger partial charge is 0.331 e. The molecule has 1 aromatic rings. The van der Waals surface area contributed by atoms with Gasteiger partial charge in [0.05, 0.1) is 6.04 Å². The number of nitrogens with one attached hydrogen (secondary N) is 1. The number of hydrogen-bond donors (Lipinski definition) is 1. The highest BCUT2D eigenvalue weighted by Crippen LogP contribution is 2.22. The number of halogens is 2. The fourth-order valence-electron chi connectivity index (χ4n) is 3.34. The highest BCUT2D eigenvalue weighted by Gasteiger charge is 2.35. The minimum Gasteiger partial charge on any atom is -0.331 e. The Morgan fingerprint density at radius 2 is 1.91 bits per heavy atom. The van der Waals surface area contributed by atoms with Gasteiger partial charge in [-0.15, -0.1) is 0 Å². The second-order valence-corrected chi connectivity index (χ2v) is 6.49. The second-order valence-electron chi connectivity index (χ2n) is 6.49. The number of rotatable bonds is 3. The van der Waals surface area contributed by atoms with Gasteiger partial charge in [-0.25, -0.2) is 13.6 Å². The predicted molar refractivity (Wildman–Crippen MR) is 84.1 cm³/mol. The average Bonchev–Trinajstić information content (AvgIpc) is 2.46. The molecule has 0 spiro atoms. The van der Waals surface area contributed by atoms with Gasteiger partial charge in [-0.3, -0.25) is 4.90 Å². The van der Waals surface area contributed by atoms with E-state index in [0.717, 1.165) is 32.2 Å². The molecule has 23 heavy (non-hydrogen) atoms. The number of hydrogen-bond acceptors (Lipinski definition) is 2. The molecule has 1 aromatic carbocycles. The Morgan fingerprint density at radius 3 is 2.57 bits per heavy atom. The number of nitrogens with zero attached hydrogens (tertiary/aromatic N) is 2. The van der Waals surface area contributed by atoms with Crippen LogP contribution in [0.4, 0.5) is 13.6 Å². The molecule has 2 aliphatic rings. The van der Waals surface area contributed by atoms with Crippen molar-refractivity contribution >= 4 is 6.03 Å². The van der Waals surface area contributed by atoms with Crippen molar-refractivity contribution < 1.29 is 13.6 Å². The normalized spacial score (nSPS) is 20.9. The van der Waals surface area contributed by atoms with Gasteiger partial charge in [-0.1, -0.05) is 12.5 Å². The Hall–Kier alpha value is -1.69. The molecule has 2 saturated heterocycles. The monoisotopic (exact) mass is 323 g/mol. The molecular formula is C17H23F2N3O. The number of likely N-dealkylation sites (tertiary alicyclic amines) is 2. The molecule has 1 N–H and O–H groups in total. The molecule has 0 bridgehead atoms. The highest BCUT2D eigenvalue weighted by molar-refractivity contribution is 5.75. The van der Waals surface area contributed by atoms with Gasteiger partial charge in [-0.05, 0) is 38.9 Å². The van der Waals surface area contributed by atoms with E-state index in [1.54, 1.807) is 11.8 Å². The maximum atomic E-state index is 13.7. The first-order valence-corrected chi connectivity index (χ1v) is 8.29. The van der Waals surface area contributed by atoms with Crippen LogP contribution >= 0.6 is 0 Å². The first-order valence-electron chi connectivity index (χ1n) is 8.29. The van der Waals surface area contributed by atoms with E-state index in [-0.39, 0.29) is 6.03 Å². The average molecular weight is 323 g/mol. The third-order valence-electron chi connectivity index (χ3n) is 4.83. The third kappa shape index (κ3) is 3.63. The summed E-state index contributed by atoms with van der Waals surface area (Å²) in [6.45, 7) is 5.40. The summed E-state index contributed by atoms with van der Waals surface area (Å²) in [4.78, 5) is 16.4. The Kier molecular flexibility index (Phi) is 4.80. The van der Waals surface area contributed by atoms with Crippen LogP contribution in [-0.2, 0) is 0 Å². The van der Waals surface area contributed by atoms with Crippen molar-refractivity contribution in [1.29, 1.82) is 0 Å². The van der Waals surface area contributed by atoms with Crippen molar-refractivity contribution in [3.8, 4) is 0 Å².